The molecule has 1 aromatic rings. The summed E-state index contributed by atoms with van der Waals surface area (Å²) in [4.78, 5) is 3.06. The zero-order chi connectivity index (χ0) is 13.1. The van der Waals surface area contributed by atoms with Crippen LogP contribution < -0.4 is 4.74 Å². The van der Waals surface area contributed by atoms with Gasteiger partial charge in [0.2, 0.25) is 11.8 Å². The molecule has 0 spiro atoms. The summed E-state index contributed by atoms with van der Waals surface area (Å²) in [6.07, 6.45) is -5.21. The number of rotatable bonds is 3. The van der Waals surface area contributed by atoms with Crippen LogP contribution in [-0.2, 0) is 11.8 Å². The van der Waals surface area contributed by atoms with Gasteiger partial charge in [-0.2, -0.15) is 14.6 Å². The van der Waals surface area contributed by atoms with Gasteiger partial charge in [-0.15, -0.1) is 13.2 Å². The molecule has 1 aromatic heterocycles. The van der Waals surface area contributed by atoms with Crippen molar-refractivity contribution >= 4 is 15.9 Å². The second-order valence-electron chi connectivity index (χ2n) is 2.92. The first-order valence-corrected chi connectivity index (χ1v) is 5.36. The zero-order valence-electron chi connectivity index (χ0n) is 8.18. The van der Waals surface area contributed by atoms with Crippen LogP contribution in [0.15, 0.2) is 6.07 Å². The summed E-state index contributed by atoms with van der Waals surface area (Å²) in [5, 5.41) is 8.40. The SMILES string of the molecule is N#CCc1cc(CBr)c(OC(F)(F)F)nc1F. The number of nitrogens with zero attached hydrogens (tertiary/aromatic N) is 2. The van der Waals surface area contributed by atoms with Gasteiger partial charge in [-0.3, -0.25) is 0 Å². The molecular formula is C9H5BrF4N2O. The number of hydrogen-bond acceptors (Lipinski definition) is 3. The molecule has 0 bridgehead atoms. The average molecular weight is 313 g/mol. The van der Waals surface area contributed by atoms with Gasteiger partial charge < -0.3 is 4.74 Å². The fourth-order valence-corrected chi connectivity index (χ4v) is 1.47. The molecule has 0 aliphatic heterocycles. The van der Waals surface area contributed by atoms with Crippen LogP contribution in [0.25, 0.3) is 0 Å². The molecule has 17 heavy (non-hydrogen) atoms. The lowest BCUT2D eigenvalue weighted by Crippen LogP contribution is -2.19. The highest BCUT2D eigenvalue weighted by atomic mass is 79.9. The molecule has 1 heterocycles. The standard InChI is InChI=1S/C9H5BrF4N2O/c10-4-6-3-5(1-2-15)7(11)16-8(6)17-9(12,13)14/h3H,1,4H2. The van der Waals surface area contributed by atoms with Crippen molar-refractivity contribution in [2.75, 3.05) is 0 Å². The summed E-state index contributed by atoms with van der Waals surface area (Å²) < 4.78 is 52.7. The molecular weight excluding hydrogens is 308 g/mol. The predicted molar refractivity (Wildman–Crippen MR) is 52.8 cm³/mol. The zero-order valence-corrected chi connectivity index (χ0v) is 9.77. The van der Waals surface area contributed by atoms with Crippen molar-refractivity contribution in [2.45, 2.75) is 18.1 Å². The molecule has 0 fully saturated rings. The van der Waals surface area contributed by atoms with E-state index in [2.05, 4.69) is 25.7 Å². The molecule has 0 saturated carbocycles. The third-order valence-electron chi connectivity index (χ3n) is 1.71. The van der Waals surface area contributed by atoms with E-state index in [1.54, 1.807) is 6.07 Å². The monoisotopic (exact) mass is 312 g/mol. The van der Waals surface area contributed by atoms with Gasteiger partial charge in [-0.25, -0.2) is 0 Å². The minimum Gasteiger partial charge on any atom is -0.387 e. The van der Waals surface area contributed by atoms with E-state index in [1.807, 2.05) is 0 Å². The largest absolute Gasteiger partial charge is 0.574 e. The van der Waals surface area contributed by atoms with E-state index in [9.17, 15) is 17.6 Å². The van der Waals surface area contributed by atoms with Gasteiger partial charge >= 0.3 is 6.36 Å². The molecule has 0 aromatic carbocycles. The van der Waals surface area contributed by atoms with E-state index in [0.717, 1.165) is 6.07 Å². The summed E-state index contributed by atoms with van der Waals surface area (Å²) in [6.45, 7) is 0. The van der Waals surface area contributed by atoms with Gasteiger partial charge in [0.25, 0.3) is 0 Å². The third kappa shape index (κ3) is 3.85. The third-order valence-corrected chi connectivity index (χ3v) is 2.32. The van der Waals surface area contributed by atoms with E-state index in [0.29, 0.717) is 0 Å². The molecule has 0 unspecified atom stereocenters. The van der Waals surface area contributed by atoms with Crippen molar-refractivity contribution in [3.05, 3.63) is 23.1 Å². The van der Waals surface area contributed by atoms with Crippen molar-refractivity contribution in [1.29, 1.82) is 5.26 Å². The minimum absolute atomic E-state index is 0.00409. The normalized spacial score (nSPS) is 11.1. The summed E-state index contributed by atoms with van der Waals surface area (Å²) in [6, 6.07) is 2.80. The number of pyridine rings is 1. The molecule has 3 nitrogen and oxygen atoms in total. The molecule has 92 valence electrons. The topological polar surface area (TPSA) is 45.9 Å². The molecule has 8 heteroatoms. The van der Waals surface area contributed by atoms with Gasteiger partial charge in [-0.05, 0) is 6.07 Å². The number of hydrogen-bond donors (Lipinski definition) is 0. The second kappa shape index (κ2) is 5.31. The Balaban J connectivity index is 3.15. The first-order chi connectivity index (χ1) is 7.87. The molecule has 0 amide bonds. The lowest BCUT2D eigenvalue weighted by atomic mass is 10.1. The van der Waals surface area contributed by atoms with Crippen molar-refractivity contribution in [3.63, 3.8) is 0 Å². The highest BCUT2D eigenvalue weighted by molar-refractivity contribution is 9.08. The van der Waals surface area contributed by atoms with Gasteiger partial charge in [0.05, 0.1) is 12.5 Å². The Morgan fingerprint density at radius 3 is 2.53 bits per heavy atom. The maximum absolute atomic E-state index is 13.2. The highest BCUT2D eigenvalue weighted by Gasteiger charge is 2.33. The lowest BCUT2D eigenvalue weighted by molar-refractivity contribution is -0.276. The van der Waals surface area contributed by atoms with Crippen molar-refractivity contribution in [2.24, 2.45) is 0 Å². The van der Waals surface area contributed by atoms with Crippen LogP contribution in [-0.4, -0.2) is 11.3 Å². The van der Waals surface area contributed by atoms with Gasteiger partial charge in [0.1, 0.15) is 0 Å². The molecule has 0 N–H and O–H groups in total. The Labute approximate surface area is 102 Å². The van der Waals surface area contributed by atoms with Gasteiger partial charge in [0, 0.05) is 16.5 Å². The lowest BCUT2D eigenvalue weighted by Gasteiger charge is -2.12. The first-order valence-electron chi connectivity index (χ1n) is 4.24. The van der Waals surface area contributed by atoms with E-state index in [4.69, 9.17) is 5.26 Å². The maximum atomic E-state index is 13.2. The number of halogens is 5. The summed E-state index contributed by atoms with van der Waals surface area (Å²) >= 11 is 2.93. The Morgan fingerprint density at radius 2 is 2.06 bits per heavy atom. The molecule has 0 saturated heterocycles. The molecule has 0 aliphatic rings. The van der Waals surface area contributed by atoms with Crippen LogP contribution in [0.5, 0.6) is 5.88 Å². The number of nitriles is 1. The van der Waals surface area contributed by atoms with E-state index in [-0.39, 0.29) is 22.9 Å². The average Bonchev–Trinajstić information content (AvgIpc) is 2.20. The molecule has 0 aliphatic carbocycles. The maximum Gasteiger partial charge on any atom is 0.574 e. The minimum atomic E-state index is -4.94. The summed E-state index contributed by atoms with van der Waals surface area (Å²) in [5.41, 5.74) is -0.0505. The second-order valence-corrected chi connectivity index (χ2v) is 3.48. The molecule has 0 radical (unpaired) electrons. The van der Waals surface area contributed by atoms with Crippen molar-refractivity contribution in [1.82, 2.24) is 4.98 Å². The first kappa shape index (κ1) is 13.7. The van der Waals surface area contributed by atoms with Crippen molar-refractivity contribution < 1.29 is 22.3 Å². The van der Waals surface area contributed by atoms with Crippen LogP contribution >= 0.6 is 15.9 Å². The van der Waals surface area contributed by atoms with Crippen LogP contribution in [0.3, 0.4) is 0 Å². The highest BCUT2D eigenvalue weighted by Crippen LogP contribution is 2.27. The summed E-state index contributed by atoms with van der Waals surface area (Å²) in [7, 11) is 0. The Hall–Kier alpha value is -1.36. The molecule has 0 atom stereocenters. The fraction of sp³-hybridized carbons (Fsp3) is 0.333. The van der Waals surface area contributed by atoms with E-state index < -0.39 is 18.2 Å². The quantitative estimate of drug-likeness (QED) is 0.489. The Morgan fingerprint density at radius 1 is 1.41 bits per heavy atom. The van der Waals surface area contributed by atoms with Crippen LogP contribution in [0, 0.1) is 17.3 Å². The number of ether oxygens (including phenoxy) is 1. The van der Waals surface area contributed by atoms with E-state index in [1.165, 1.54) is 0 Å². The van der Waals surface area contributed by atoms with Crippen molar-refractivity contribution in [3.8, 4) is 11.9 Å². The Bertz CT molecular complexity index is 456. The summed E-state index contributed by atoms with van der Waals surface area (Å²) in [5.74, 6) is -2.00. The van der Waals surface area contributed by atoms with Gasteiger partial charge in [0.15, 0.2) is 0 Å². The van der Waals surface area contributed by atoms with Crippen LogP contribution in [0.2, 0.25) is 0 Å². The fourth-order valence-electron chi connectivity index (χ4n) is 1.07. The number of alkyl halides is 4. The smallest absolute Gasteiger partial charge is 0.387 e. The van der Waals surface area contributed by atoms with Crippen LogP contribution in [0.1, 0.15) is 11.1 Å². The number of aromatic nitrogens is 1. The molecule has 1 rings (SSSR count). The predicted octanol–water partition coefficient (Wildman–Crippen LogP) is 3.08. The Kier molecular flexibility index (Phi) is 4.28. The van der Waals surface area contributed by atoms with E-state index >= 15 is 0 Å². The van der Waals surface area contributed by atoms with Crippen LogP contribution in [0.4, 0.5) is 17.6 Å². The van der Waals surface area contributed by atoms with Gasteiger partial charge in [-0.1, -0.05) is 15.9 Å².